The number of carbonyl (C=O) groups excluding carboxylic acids is 1. The molecule has 0 radical (unpaired) electrons. The van der Waals surface area contributed by atoms with E-state index in [1.54, 1.807) is 0 Å². The predicted molar refractivity (Wildman–Crippen MR) is 97.2 cm³/mol. The van der Waals surface area contributed by atoms with Crippen LogP contribution in [0.2, 0.25) is 0 Å². The molecular formula is C18H23ClN4O2. The molecule has 7 heteroatoms. The molecule has 6 nitrogen and oxygen atoms in total. The van der Waals surface area contributed by atoms with Crippen LogP contribution in [0.4, 0.5) is 0 Å². The molecule has 1 aromatic carbocycles. The van der Waals surface area contributed by atoms with E-state index in [-0.39, 0.29) is 24.4 Å². The molecule has 0 bridgehead atoms. The van der Waals surface area contributed by atoms with Crippen LogP contribution in [0.5, 0.6) is 0 Å². The number of H-pyrrole nitrogens is 1. The molecule has 0 saturated carbocycles. The first-order chi connectivity index (χ1) is 11.8. The Hall–Kier alpha value is -1.89. The second-order valence-electron chi connectivity index (χ2n) is 6.38. The molecule has 4 rings (SSSR count). The average molecular weight is 363 g/mol. The third-order valence-corrected chi connectivity index (χ3v) is 4.92. The molecule has 1 atom stereocenters. The first-order valence-electron chi connectivity index (χ1n) is 8.46. The summed E-state index contributed by atoms with van der Waals surface area (Å²) >= 11 is 0. The third kappa shape index (κ3) is 3.29. The van der Waals surface area contributed by atoms with E-state index in [1.165, 1.54) is 0 Å². The van der Waals surface area contributed by atoms with Crippen LogP contribution in [0.3, 0.4) is 0 Å². The summed E-state index contributed by atoms with van der Waals surface area (Å²) in [5.41, 5.74) is 3.70. The number of hydrogen-bond donors (Lipinski definition) is 1. The third-order valence-electron chi connectivity index (χ3n) is 4.92. The van der Waals surface area contributed by atoms with Crippen molar-refractivity contribution in [3.63, 3.8) is 0 Å². The van der Waals surface area contributed by atoms with Gasteiger partial charge in [-0.1, -0.05) is 30.3 Å². The maximum atomic E-state index is 12.9. The number of amides is 1. The van der Waals surface area contributed by atoms with Crippen LogP contribution in [0, 0.1) is 6.92 Å². The Morgan fingerprint density at radius 1 is 1.20 bits per heavy atom. The fourth-order valence-corrected chi connectivity index (χ4v) is 3.63. The smallest absolute Gasteiger partial charge is 0.275 e. The zero-order valence-corrected chi connectivity index (χ0v) is 15.1. The number of halogens is 1. The Labute approximate surface area is 153 Å². The molecule has 0 aliphatic carbocycles. The number of morpholine rings is 1. The van der Waals surface area contributed by atoms with Crippen molar-refractivity contribution >= 4 is 18.3 Å². The summed E-state index contributed by atoms with van der Waals surface area (Å²) in [4.78, 5) is 17.2. The number of nitrogens with one attached hydrogen (secondary N) is 1. The minimum absolute atomic E-state index is 0. The van der Waals surface area contributed by atoms with Crippen molar-refractivity contribution in [3.8, 4) is 0 Å². The normalized spacial score (nSPS) is 20.4. The number of carbonyl (C=O) groups is 1. The van der Waals surface area contributed by atoms with Crippen molar-refractivity contribution in [1.29, 1.82) is 0 Å². The fraction of sp³-hybridized carbons (Fsp3) is 0.444. The summed E-state index contributed by atoms with van der Waals surface area (Å²) in [6.07, 6.45) is 0. The Kier molecular flexibility index (Phi) is 5.42. The minimum atomic E-state index is -0.0477. The Morgan fingerprint density at radius 2 is 1.92 bits per heavy atom. The number of rotatable bonds is 4. The van der Waals surface area contributed by atoms with Gasteiger partial charge in [-0.2, -0.15) is 5.10 Å². The second-order valence-corrected chi connectivity index (χ2v) is 6.38. The van der Waals surface area contributed by atoms with Gasteiger partial charge in [0, 0.05) is 37.4 Å². The number of benzene rings is 1. The molecule has 1 unspecified atom stereocenters. The van der Waals surface area contributed by atoms with Crippen molar-refractivity contribution in [3.05, 3.63) is 52.8 Å². The Morgan fingerprint density at radius 3 is 2.64 bits per heavy atom. The molecule has 25 heavy (non-hydrogen) atoms. The number of aromatic nitrogens is 2. The highest BCUT2D eigenvalue weighted by Crippen LogP contribution is 2.38. The predicted octanol–water partition coefficient (Wildman–Crippen LogP) is 2.02. The maximum absolute atomic E-state index is 12.9. The molecule has 1 amide bonds. The highest BCUT2D eigenvalue weighted by atomic mass is 35.5. The molecule has 2 aromatic rings. The highest BCUT2D eigenvalue weighted by molar-refractivity contribution is 5.98. The number of aryl methyl sites for hydroxylation is 1. The summed E-state index contributed by atoms with van der Waals surface area (Å²) < 4.78 is 5.40. The summed E-state index contributed by atoms with van der Waals surface area (Å²) in [6, 6.07) is 10.2. The number of fused-ring (bicyclic) bond motifs is 1. The van der Waals surface area contributed by atoms with E-state index in [0.29, 0.717) is 12.2 Å². The molecule has 2 aliphatic rings. The van der Waals surface area contributed by atoms with Gasteiger partial charge in [0.15, 0.2) is 5.69 Å². The summed E-state index contributed by atoms with van der Waals surface area (Å²) in [5, 5.41) is 7.22. The summed E-state index contributed by atoms with van der Waals surface area (Å²) in [5.74, 6) is 0.0245. The van der Waals surface area contributed by atoms with Crippen LogP contribution in [-0.4, -0.2) is 65.3 Å². The lowest BCUT2D eigenvalue weighted by Crippen LogP contribution is -2.42. The van der Waals surface area contributed by atoms with E-state index < -0.39 is 0 Å². The standard InChI is InChI=1S/C18H22N4O2.ClH/c1-13-15-16(20-19-13)18(23)22(8-7-21-9-11-24-12-10-21)17(15)14-5-3-2-4-6-14;/h2-6,17H,7-12H2,1H3,(H,19,20);1H. The van der Waals surface area contributed by atoms with Crippen LogP contribution < -0.4 is 0 Å². The lowest BCUT2D eigenvalue weighted by molar-refractivity contribution is 0.0316. The van der Waals surface area contributed by atoms with Crippen LogP contribution >= 0.6 is 12.4 Å². The lowest BCUT2D eigenvalue weighted by atomic mass is 9.99. The molecule has 1 saturated heterocycles. The van der Waals surface area contributed by atoms with Gasteiger partial charge in [0.2, 0.25) is 0 Å². The molecular weight excluding hydrogens is 340 g/mol. The first kappa shape index (κ1) is 17.9. The van der Waals surface area contributed by atoms with Gasteiger partial charge in [0.05, 0.1) is 19.3 Å². The van der Waals surface area contributed by atoms with Crippen molar-refractivity contribution in [1.82, 2.24) is 20.0 Å². The van der Waals surface area contributed by atoms with E-state index >= 15 is 0 Å². The van der Waals surface area contributed by atoms with Gasteiger partial charge in [-0.3, -0.25) is 14.8 Å². The van der Waals surface area contributed by atoms with Crippen LogP contribution in [0.25, 0.3) is 0 Å². The van der Waals surface area contributed by atoms with Crippen molar-refractivity contribution in [2.45, 2.75) is 13.0 Å². The van der Waals surface area contributed by atoms with Crippen molar-refractivity contribution < 1.29 is 9.53 Å². The molecule has 2 aliphatic heterocycles. The lowest BCUT2D eigenvalue weighted by Gasteiger charge is -2.31. The molecule has 1 fully saturated rings. The van der Waals surface area contributed by atoms with Gasteiger partial charge in [-0.25, -0.2) is 0 Å². The first-order valence-corrected chi connectivity index (χ1v) is 8.46. The van der Waals surface area contributed by atoms with E-state index in [1.807, 2.05) is 30.0 Å². The van der Waals surface area contributed by atoms with Crippen LogP contribution in [0.15, 0.2) is 30.3 Å². The zero-order valence-electron chi connectivity index (χ0n) is 14.3. The van der Waals surface area contributed by atoms with E-state index in [0.717, 1.165) is 49.7 Å². The number of ether oxygens (including phenoxy) is 1. The van der Waals surface area contributed by atoms with Crippen LogP contribution in [-0.2, 0) is 4.74 Å². The quantitative estimate of drug-likeness (QED) is 0.903. The minimum Gasteiger partial charge on any atom is -0.379 e. The van der Waals surface area contributed by atoms with E-state index in [9.17, 15) is 4.79 Å². The largest absolute Gasteiger partial charge is 0.379 e. The molecule has 1 N–H and O–H groups in total. The van der Waals surface area contributed by atoms with Crippen molar-refractivity contribution in [2.24, 2.45) is 0 Å². The number of aromatic amines is 1. The number of hydrogen-bond acceptors (Lipinski definition) is 4. The Balaban J connectivity index is 0.00000182. The SMILES string of the molecule is Cc1[nH]nc2c1C(c1ccccc1)N(CCN1CCOCC1)C2=O.Cl. The molecule has 134 valence electrons. The van der Waals surface area contributed by atoms with Crippen LogP contribution in [0.1, 0.15) is 33.4 Å². The summed E-state index contributed by atoms with van der Waals surface area (Å²) in [7, 11) is 0. The molecule has 3 heterocycles. The van der Waals surface area contributed by atoms with Crippen molar-refractivity contribution in [2.75, 3.05) is 39.4 Å². The monoisotopic (exact) mass is 362 g/mol. The topological polar surface area (TPSA) is 61.5 Å². The van der Waals surface area contributed by atoms with E-state index in [2.05, 4.69) is 27.2 Å². The van der Waals surface area contributed by atoms with Gasteiger partial charge in [0.1, 0.15) is 0 Å². The number of nitrogens with zero attached hydrogens (tertiary/aromatic N) is 3. The second kappa shape index (κ2) is 7.56. The van der Waals surface area contributed by atoms with Gasteiger partial charge < -0.3 is 9.64 Å². The average Bonchev–Trinajstić information content (AvgIpc) is 3.13. The highest BCUT2D eigenvalue weighted by Gasteiger charge is 2.41. The van der Waals surface area contributed by atoms with Gasteiger partial charge in [-0.15, -0.1) is 12.4 Å². The van der Waals surface area contributed by atoms with Gasteiger partial charge >= 0.3 is 0 Å². The molecule has 0 spiro atoms. The maximum Gasteiger partial charge on any atom is 0.275 e. The molecule has 1 aromatic heterocycles. The van der Waals surface area contributed by atoms with Gasteiger partial charge in [0.25, 0.3) is 5.91 Å². The summed E-state index contributed by atoms with van der Waals surface area (Å²) in [6.45, 7) is 6.97. The van der Waals surface area contributed by atoms with Gasteiger partial charge in [-0.05, 0) is 12.5 Å². The zero-order chi connectivity index (χ0) is 16.5. The fourth-order valence-electron chi connectivity index (χ4n) is 3.63. The Bertz CT molecular complexity index is 728. The van der Waals surface area contributed by atoms with E-state index in [4.69, 9.17) is 4.74 Å².